The van der Waals surface area contributed by atoms with E-state index in [0.29, 0.717) is 23.3 Å². The summed E-state index contributed by atoms with van der Waals surface area (Å²) in [5, 5.41) is 11.4. The van der Waals surface area contributed by atoms with Crippen molar-refractivity contribution in [3.05, 3.63) is 82.4 Å². The van der Waals surface area contributed by atoms with Gasteiger partial charge in [-0.05, 0) is 89.8 Å². The molecule has 2 fully saturated rings. The number of hydrogen-bond acceptors (Lipinski definition) is 2. The van der Waals surface area contributed by atoms with Crippen molar-refractivity contribution in [2.45, 2.75) is 51.0 Å². The Morgan fingerprint density at radius 1 is 1.19 bits per heavy atom. The van der Waals surface area contributed by atoms with E-state index in [-0.39, 0.29) is 5.41 Å². The molecule has 3 heteroatoms. The number of carbonyl (C=O) groups is 1. The Kier molecular flexibility index (Phi) is 4.90. The molecule has 0 radical (unpaired) electrons. The molecule has 0 spiro atoms. The second-order valence-electron chi connectivity index (χ2n) is 9.94. The van der Waals surface area contributed by atoms with Gasteiger partial charge < -0.3 is 10.8 Å². The molecule has 5 atom stereocenters. The van der Waals surface area contributed by atoms with Crippen LogP contribution in [0.2, 0.25) is 0 Å². The largest absolute Gasteiger partial charge is 0.388 e. The average Bonchev–Trinajstić information content (AvgIpc) is 3.03. The molecule has 160 valence electrons. The first-order chi connectivity index (χ1) is 14.9. The lowest BCUT2D eigenvalue weighted by Gasteiger charge is -2.49. The van der Waals surface area contributed by atoms with E-state index < -0.39 is 12.0 Å². The van der Waals surface area contributed by atoms with Gasteiger partial charge in [-0.15, -0.1) is 0 Å². The zero-order chi connectivity index (χ0) is 21.8. The Balaban J connectivity index is 1.46. The lowest BCUT2D eigenvalue weighted by atomic mass is 9.55. The zero-order valence-electron chi connectivity index (χ0n) is 18.2. The third-order valence-corrected chi connectivity index (χ3v) is 8.38. The normalized spacial score (nSPS) is 32.8. The molecule has 31 heavy (non-hydrogen) atoms. The summed E-state index contributed by atoms with van der Waals surface area (Å²) in [4.78, 5) is 11.6. The molecule has 0 bridgehead atoms. The zero-order valence-corrected chi connectivity index (χ0v) is 18.2. The number of hydrogen-bond donors (Lipinski definition) is 2. The van der Waals surface area contributed by atoms with Crippen molar-refractivity contribution in [3.8, 4) is 0 Å². The van der Waals surface area contributed by atoms with Crippen molar-refractivity contribution >= 4 is 18.1 Å². The highest BCUT2D eigenvalue weighted by molar-refractivity contribution is 5.93. The van der Waals surface area contributed by atoms with Crippen LogP contribution in [0.1, 0.15) is 71.1 Å². The van der Waals surface area contributed by atoms with E-state index in [4.69, 9.17) is 5.73 Å². The molecule has 3 aliphatic carbocycles. The van der Waals surface area contributed by atoms with Crippen LogP contribution in [0.5, 0.6) is 0 Å². The first kappa shape index (κ1) is 20.3. The van der Waals surface area contributed by atoms with Gasteiger partial charge in [0.1, 0.15) is 0 Å². The molecule has 0 saturated heterocycles. The van der Waals surface area contributed by atoms with Gasteiger partial charge in [-0.2, -0.15) is 0 Å². The summed E-state index contributed by atoms with van der Waals surface area (Å²) in [6, 6.07) is 14.2. The Morgan fingerprint density at radius 2 is 2.03 bits per heavy atom. The van der Waals surface area contributed by atoms with Gasteiger partial charge >= 0.3 is 0 Å². The van der Waals surface area contributed by atoms with Crippen molar-refractivity contribution < 1.29 is 9.90 Å². The number of carbonyl (C=O) groups excluding carboxylic acids is 1. The summed E-state index contributed by atoms with van der Waals surface area (Å²) in [6.07, 6.45) is 9.00. The summed E-state index contributed by atoms with van der Waals surface area (Å²) >= 11 is 0. The van der Waals surface area contributed by atoms with Gasteiger partial charge in [0.25, 0.3) is 0 Å². The molecule has 1 amide bonds. The molecular weight excluding hydrogens is 382 g/mol. The number of amides is 1. The van der Waals surface area contributed by atoms with E-state index in [9.17, 15) is 9.90 Å². The van der Waals surface area contributed by atoms with E-state index in [1.165, 1.54) is 23.1 Å². The minimum Gasteiger partial charge on any atom is -0.388 e. The number of fused-ring (bicyclic) bond motifs is 5. The smallest absolute Gasteiger partial charge is 0.248 e. The fourth-order valence-corrected chi connectivity index (χ4v) is 6.72. The molecule has 2 saturated carbocycles. The molecule has 3 N–H and O–H groups in total. The van der Waals surface area contributed by atoms with Crippen molar-refractivity contribution in [2.24, 2.45) is 23.0 Å². The second kappa shape index (κ2) is 7.49. The summed E-state index contributed by atoms with van der Waals surface area (Å²) in [7, 11) is 0. The number of nitrogens with two attached hydrogens (primary N) is 1. The first-order valence-corrected chi connectivity index (χ1v) is 11.4. The van der Waals surface area contributed by atoms with Gasteiger partial charge in [0.05, 0.1) is 6.10 Å². The van der Waals surface area contributed by atoms with Crippen molar-refractivity contribution in [2.75, 3.05) is 0 Å². The minimum absolute atomic E-state index is 0.0765. The van der Waals surface area contributed by atoms with Crippen LogP contribution < -0.4 is 5.73 Å². The van der Waals surface area contributed by atoms with Gasteiger partial charge in [0.2, 0.25) is 5.91 Å². The fraction of sp³-hybridized carbons (Fsp3) is 0.393. The molecule has 5 rings (SSSR count). The van der Waals surface area contributed by atoms with E-state index in [1.807, 2.05) is 24.3 Å². The molecule has 3 unspecified atom stereocenters. The van der Waals surface area contributed by atoms with E-state index >= 15 is 0 Å². The van der Waals surface area contributed by atoms with E-state index in [1.54, 1.807) is 6.07 Å². The predicted molar refractivity (Wildman–Crippen MR) is 125 cm³/mol. The van der Waals surface area contributed by atoms with Crippen molar-refractivity contribution in [1.82, 2.24) is 0 Å². The third-order valence-electron chi connectivity index (χ3n) is 8.38. The summed E-state index contributed by atoms with van der Waals surface area (Å²) in [5.41, 5.74) is 12.1. The Hall–Kier alpha value is -2.65. The highest BCUT2D eigenvalue weighted by Crippen LogP contribution is 2.62. The Bertz CT molecular complexity index is 1080. The highest BCUT2D eigenvalue weighted by Gasteiger charge is 2.56. The maximum atomic E-state index is 11.6. The number of aliphatic hydroxyl groups is 1. The summed E-state index contributed by atoms with van der Waals surface area (Å²) in [5.74, 6) is 1.26. The Morgan fingerprint density at radius 3 is 2.81 bits per heavy atom. The van der Waals surface area contributed by atoms with E-state index in [0.717, 1.165) is 36.8 Å². The summed E-state index contributed by atoms with van der Waals surface area (Å²) < 4.78 is 0. The molecular formula is C28H31NO2. The SMILES string of the molecule is C=Cc1ccc2c(c1)CCC1C2CC[C@@]2(C)C1C/C(=C\c1cccc(C(N)=O)c1)[C@@H]2O. The quantitative estimate of drug-likeness (QED) is 0.713. The van der Waals surface area contributed by atoms with Gasteiger partial charge in [0, 0.05) is 11.0 Å². The van der Waals surface area contributed by atoms with Gasteiger partial charge in [-0.3, -0.25) is 4.79 Å². The van der Waals surface area contributed by atoms with Crippen LogP contribution in [0.25, 0.3) is 12.2 Å². The predicted octanol–water partition coefficient (Wildman–Crippen LogP) is 5.34. The third kappa shape index (κ3) is 3.27. The van der Waals surface area contributed by atoms with Gasteiger partial charge in [-0.25, -0.2) is 0 Å². The van der Waals surface area contributed by atoms with Crippen LogP contribution >= 0.6 is 0 Å². The molecule has 2 aromatic carbocycles. The first-order valence-electron chi connectivity index (χ1n) is 11.4. The molecule has 0 aromatic heterocycles. The molecule has 0 heterocycles. The number of primary amides is 1. The fourth-order valence-electron chi connectivity index (χ4n) is 6.72. The number of rotatable bonds is 3. The molecule has 3 aliphatic rings. The lowest BCUT2D eigenvalue weighted by Crippen LogP contribution is -2.44. The highest BCUT2D eigenvalue weighted by atomic mass is 16.3. The number of aliphatic hydroxyl groups excluding tert-OH is 1. The van der Waals surface area contributed by atoms with Crippen LogP contribution in [0.4, 0.5) is 0 Å². The monoisotopic (exact) mass is 413 g/mol. The molecule has 3 nitrogen and oxygen atoms in total. The molecule has 0 aliphatic heterocycles. The second-order valence-corrected chi connectivity index (χ2v) is 9.94. The minimum atomic E-state index is -0.430. The van der Waals surface area contributed by atoms with Crippen LogP contribution in [-0.4, -0.2) is 17.1 Å². The van der Waals surface area contributed by atoms with Gasteiger partial charge in [0.15, 0.2) is 0 Å². The van der Waals surface area contributed by atoms with Crippen LogP contribution in [0, 0.1) is 17.3 Å². The number of benzene rings is 2. The van der Waals surface area contributed by atoms with Crippen LogP contribution in [0.3, 0.4) is 0 Å². The topological polar surface area (TPSA) is 63.3 Å². The maximum absolute atomic E-state index is 11.6. The van der Waals surface area contributed by atoms with E-state index in [2.05, 4.69) is 37.8 Å². The number of aryl methyl sites for hydroxylation is 1. The Labute approximate surface area is 184 Å². The van der Waals surface area contributed by atoms with Gasteiger partial charge in [-0.1, -0.05) is 56.0 Å². The maximum Gasteiger partial charge on any atom is 0.248 e. The lowest BCUT2D eigenvalue weighted by molar-refractivity contribution is -0.0158. The van der Waals surface area contributed by atoms with Crippen molar-refractivity contribution in [3.63, 3.8) is 0 Å². The van der Waals surface area contributed by atoms with Crippen molar-refractivity contribution in [1.29, 1.82) is 0 Å². The van der Waals surface area contributed by atoms with Crippen LogP contribution in [0.15, 0.2) is 54.6 Å². The summed E-state index contributed by atoms with van der Waals surface area (Å²) in [6.45, 7) is 6.21. The van der Waals surface area contributed by atoms with Crippen LogP contribution in [-0.2, 0) is 6.42 Å². The average molecular weight is 414 g/mol. The molecule has 2 aromatic rings. The standard InChI is InChI=1S/C28H31NO2/c1-3-17-7-9-22-19(13-17)8-10-24-23(22)11-12-28(2)25(24)16-21(26(28)30)15-18-5-4-6-20(14-18)27(29)31/h3-7,9,13-15,23-26,30H,1,8,10-12,16H2,2H3,(H2,29,31)/b21-15+/t23?,24?,25?,26-,28-/m0/s1.